The summed E-state index contributed by atoms with van der Waals surface area (Å²) in [5.74, 6) is -2.84. The number of likely N-dealkylation sites (tertiary alicyclic amines) is 1. The molecule has 7 heteroatoms. The first-order chi connectivity index (χ1) is 10.5. The number of rotatable bonds is 2. The smallest absolute Gasteiger partial charge is 0.255 e. The Bertz CT molecular complexity index is 602. The topological polar surface area (TPSA) is 41.4 Å². The Hall–Kier alpha value is -1.50. The van der Waals surface area contributed by atoms with Gasteiger partial charge in [0.1, 0.15) is 0 Å². The molecule has 3 fully saturated rings. The van der Waals surface area contributed by atoms with Crippen LogP contribution in [-0.4, -0.2) is 52.2 Å². The molecule has 0 unspecified atom stereocenters. The maximum atomic E-state index is 13.5. The van der Waals surface area contributed by atoms with Gasteiger partial charge >= 0.3 is 0 Å². The molecule has 1 amide bonds. The second-order valence-electron chi connectivity index (χ2n) is 6.67. The number of fused-ring (bicyclic) bond motifs is 1. The molecular formula is C15H20F2N4O. The third kappa shape index (κ3) is 2.06. The van der Waals surface area contributed by atoms with Gasteiger partial charge in [-0.3, -0.25) is 19.3 Å². The van der Waals surface area contributed by atoms with Gasteiger partial charge in [-0.1, -0.05) is 0 Å². The maximum absolute atomic E-state index is 13.5. The summed E-state index contributed by atoms with van der Waals surface area (Å²) >= 11 is 0. The molecule has 1 aliphatic carbocycles. The van der Waals surface area contributed by atoms with Crippen molar-refractivity contribution in [2.45, 2.75) is 31.2 Å². The van der Waals surface area contributed by atoms with Crippen molar-refractivity contribution in [3.05, 3.63) is 12.3 Å². The molecule has 0 radical (unpaired) electrons. The van der Waals surface area contributed by atoms with Gasteiger partial charge in [0.15, 0.2) is 5.82 Å². The van der Waals surface area contributed by atoms with Gasteiger partial charge in [0.2, 0.25) is 5.91 Å². The van der Waals surface area contributed by atoms with E-state index in [-0.39, 0.29) is 11.9 Å². The van der Waals surface area contributed by atoms with E-state index in [9.17, 15) is 13.6 Å². The maximum Gasteiger partial charge on any atom is 0.255 e. The molecule has 2 saturated heterocycles. The highest BCUT2D eigenvalue weighted by atomic mass is 19.3. The lowest BCUT2D eigenvalue weighted by molar-refractivity contribution is -0.126. The van der Waals surface area contributed by atoms with E-state index in [1.54, 1.807) is 9.58 Å². The fourth-order valence-electron chi connectivity index (χ4n) is 4.00. The number of halogens is 2. The summed E-state index contributed by atoms with van der Waals surface area (Å²) in [5.41, 5.74) is 0. The fourth-order valence-corrected chi connectivity index (χ4v) is 4.00. The van der Waals surface area contributed by atoms with E-state index in [1.165, 1.54) is 0 Å². The molecule has 5 nitrogen and oxygen atoms in total. The zero-order valence-electron chi connectivity index (χ0n) is 12.6. The van der Waals surface area contributed by atoms with E-state index >= 15 is 0 Å². The van der Waals surface area contributed by atoms with E-state index < -0.39 is 17.8 Å². The standard InChI is InChI=1S/C15H20F2N4O/c1-19-7-5-13(18-19)21-6-2-3-12(14(21)22)20-8-4-10-11(9-20)15(10,16)17/h5,7,10-12H,2-4,6,8-9H2,1H3/t10-,11+,12+/m1/s1. The van der Waals surface area contributed by atoms with Crippen LogP contribution in [0.5, 0.6) is 0 Å². The number of aryl methyl sites for hydroxylation is 1. The number of hydrogen-bond acceptors (Lipinski definition) is 3. The van der Waals surface area contributed by atoms with Crippen LogP contribution in [0.1, 0.15) is 19.3 Å². The summed E-state index contributed by atoms with van der Waals surface area (Å²) in [4.78, 5) is 16.4. The SMILES string of the molecule is Cn1ccc(N2CCC[C@H](N3CC[C@@H]4[C@H](C3)C4(F)F)C2=O)n1. The molecule has 1 saturated carbocycles. The lowest BCUT2D eigenvalue weighted by Gasteiger charge is -2.38. The normalized spacial score (nSPS) is 34.6. The van der Waals surface area contributed by atoms with Crippen LogP contribution >= 0.6 is 0 Å². The van der Waals surface area contributed by atoms with Crippen molar-refractivity contribution in [3.8, 4) is 0 Å². The number of carbonyl (C=O) groups is 1. The Morgan fingerprint density at radius 1 is 1.27 bits per heavy atom. The molecule has 3 atom stereocenters. The van der Waals surface area contributed by atoms with Crippen LogP contribution in [0.15, 0.2) is 12.3 Å². The van der Waals surface area contributed by atoms with Gasteiger partial charge in [0.25, 0.3) is 5.92 Å². The number of piperidine rings is 2. The summed E-state index contributed by atoms with van der Waals surface area (Å²) in [6.07, 6.45) is 3.95. The van der Waals surface area contributed by atoms with Crippen molar-refractivity contribution in [2.75, 3.05) is 24.5 Å². The Labute approximate surface area is 127 Å². The summed E-state index contributed by atoms with van der Waals surface area (Å²) in [5, 5.41) is 4.29. The highest BCUT2D eigenvalue weighted by Gasteiger charge is 2.69. The largest absolute Gasteiger partial charge is 0.294 e. The predicted molar refractivity (Wildman–Crippen MR) is 76.7 cm³/mol. The molecule has 1 aromatic rings. The molecule has 0 bridgehead atoms. The van der Waals surface area contributed by atoms with Gasteiger partial charge in [-0.25, -0.2) is 8.78 Å². The van der Waals surface area contributed by atoms with Crippen LogP contribution in [0.25, 0.3) is 0 Å². The average molecular weight is 310 g/mol. The number of hydrogen-bond donors (Lipinski definition) is 0. The van der Waals surface area contributed by atoms with Crippen molar-refractivity contribution in [1.29, 1.82) is 0 Å². The van der Waals surface area contributed by atoms with Gasteiger partial charge in [0, 0.05) is 44.2 Å². The van der Waals surface area contributed by atoms with Crippen molar-refractivity contribution in [2.24, 2.45) is 18.9 Å². The predicted octanol–water partition coefficient (Wildman–Crippen LogP) is 1.50. The van der Waals surface area contributed by atoms with Crippen molar-refractivity contribution in [3.63, 3.8) is 0 Å². The average Bonchev–Trinajstić information content (AvgIpc) is 2.82. The Morgan fingerprint density at radius 2 is 2.09 bits per heavy atom. The van der Waals surface area contributed by atoms with Gasteiger partial charge < -0.3 is 0 Å². The van der Waals surface area contributed by atoms with Crippen LogP contribution in [0, 0.1) is 11.8 Å². The number of carbonyl (C=O) groups excluding carboxylic acids is 1. The summed E-state index contributed by atoms with van der Waals surface area (Å²) in [7, 11) is 1.81. The van der Waals surface area contributed by atoms with Crippen LogP contribution in [0.2, 0.25) is 0 Å². The highest BCUT2D eigenvalue weighted by molar-refractivity contribution is 5.97. The number of amides is 1. The zero-order chi connectivity index (χ0) is 15.5. The van der Waals surface area contributed by atoms with Crippen LogP contribution in [0.4, 0.5) is 14.6 Å². The Morgan fingerprint density at radius 3 is 2.77 bits per heavy atom. The Kier molecular flexibility index (Phi) is 3.04. The number of nitrogens with zero attached hydrogens (tertiary/aromatic N) is 4. The molecular weight excluding hydrogens is 290 g/mol. The minimum Gasteiger partial charge on any atom is -0.294 e. The second-order valence-corrected chi connectivity index (χ2v) is 6.67. The van der Waals surface area contributed by atoms with E-state index in [0.717, 1.165) is 12.8 Å². The first-order valence-corrected chi connectivity index (χ1v) is 7.91. The number of aromatic nitrogens is 2. The molecule has 120 valence electrons. The molecule has 4 rings (SSSR count). The fraction of sp³-hybridized carbons (Fsp3) is 0.733. The van der Waals surface area contributed by atoms with Gasteiger partial charge in [0.05, 0.1) is 6.04 Å². The van der Waals surface area contributed by atoms with Crippen LogP contribution < -0.4 is 4.90 Å². The van der Waals surface area contributed by atoms with E-state index in [2.05, 4.69) is 5.10 Å². The quantitative estimate of drug-likeness (QED) is 0.831. The minimum absolute atomic E-state index is 0.00682. The molecule has 0 aromatic carbocycles. The van der Waals surface area contributed by atoms with E-state index in [4.69, 9.17) is 0 Å². The van der Waals surface area contributed by atoms with E-state index in [0.29, 0.717) is 31.9 Å². The third-order valence-corrected chi connectivity index (χ3v) is 5.35. The molecule has 3 heterocycles. The van der Waals surface area contributed by atoms with Crippen LogP contribution in [-0.2, 0) is 11.8 Å². The molecule has 0 spiro atoms. The van der Waals surface area contributed by atoms with Gasteiger partial charge in [-0.15, -0.1) is 0 Å². The number of alkyl halides is 2. The molecule has 22 heavy (non-hydrogen) atoms. The Balaban J connectivity index is 1.49. The second kappa shape index (κ2) is 4.75. The third-order valence-electron chi connectivity index (χ3n) is 5.35. The van der Waals surface area contributed by atoms with Crippen LogP contribution in [0.3, 0.4) is 0 Å². The number of anilines is 1. The van der Waals surface area contributed by atoms with Crippen molar-refractivity contribution < 1.29 is 13.6 Å². The monoisotopic (exact) mass is 310 g/mol. The lowest BCUT2D eigenvalue weighted by atomic mass is 10.00. The highest BCUT2D eigenvalue weighted by Crippen LogP contribution is 2.59. The minimum atomic E-state index is -2.51. The summed E-state index contributed by atoms with van der Waals surface area (Å²) < 4.78 is 28.8. The van der Waals surface area contributed by atoms with Gasteiger partial charge in [-0.05, 0) is 25.8 Å². The van der Waals surface area contributed by atoms with Gasteiger partial charge in [-0.2, -0.15) is 5.10 Å². The van der Waals surface area contributed by atoms with Crippen molar-refractivity contribution in [1.82, 2.24) is 14.7 Å². The molecule has 1 aromatic heterocycles. The first kappa shape index (κ1) is 14.1. The molecule has 2 aliphatic heterocycles. The first-order valence-electron chi connectivity index (χ1n) is 7.91. The van der Waals surface area contributed by atoms with E-state index in [1.807, 2.05) is 24.2 Å². The molecule has 0 N–H and O–H groups in total. The molecule has 3 aliphatic rings. The zero-order valence-corrected chi connectivity index (χ0v) is 12.6. The summed E-state index contributed by atoms with van der Waals surface area (Å²) in [6.45, 7) is 1.61. The lowest BCUT2D eigenvalue weighted by Crippen LogP contribution is -2.54. The van der Waals surface area contributed by atoms with Crippen molar-refractivity contribution >= 4 is 11.7 Å². The summed E-state index contributed by atoms with van der Waals surface area (Å²) in [6, 6.07) is 1.55.